The number of ether oxygens (including phenoxy) is 1. The number of rotatable bonds is 8. The van der Waals surface area contributed by atoms with Crippen LogP contribution in [0.3, 0.4) is 0 Å². The van der Waals surface area contributed by atoms with Gasteiger partial charge < -0.3 is 19.4 Å². The zero-order valence-electron chi connectivity index (χ0n) is 21.0. The third-order valence-corrected chi connectivity index (χ3v) is 5.98. The molecule has 0 fully saturated rings. The van der Waals surface area contributed by atoms with Crippen molar-refractivity contribution >= 4 is 11.7 Å². The lowest BCUT2D eigenvalue weighted by Gasteiger charge is -2.32. The van der Waals surface area contributed by atoms with E-state index in [1.165, 1.54) is 0 Å². The number of anilines is 1. The normalized spacial score (nSPS) is 19.5. The van der Waals surface area contributed by atoms with Gasteiger partial charge in [-0.2, -0.15) is 0 Å². The number of esters is 1. The average molecular weight is 436 g/mol. The molecule has 1 aromatic carbocycles. The summed E-state index contributed by atoms with van der Waals surface area (Å²) in [6.45, 7) is 9.98. The van der Waals surface area contributed by atoms with E-state index in [1.54, 1.807) is 0 Å². The van der Waals surface area contributed by atoms with Crippen molar-refractivity contribution in [2.45, 2.75) is 26.4 Å². The standard InChI is InChI=1S/C27H37N3O2/c1-19(11-12-20(2)28(5)6)27(23-14-16-24(17-15-23)30(9)10)25(22(4)26(31)32-27)18-13-21(3)29(7)8/h11-18H,3H2,1-2,4-10H3/b18-13-,19-11+,20-12+. The Morgan fingerprint density at radius 1 is 0.969 bits per heavy atom. The molecule has 0 radical (unpaired) electrons. The molecule has 5 heteroatoms. The van der Waals surface area contributed by atoms with Crippen molar-refractivity contribution in [1.29, 1.82) is 0 Å². The van der Waals surface area contributed by atoms with Gasteiger partial charge in [-0.25, -0.2) is 4.79 Å². The van der Waals surface area contributed by atoms with Crippen LogP contribution in [0.4, 0.5) is 5.69 Å². The Kier molecular flexibility index (Phi) is 7.78. The molecule has 1 aromatic rings. The highest BCUT2D eigenvalue weighted by Gasteiger charge is 2.48. The highest BCUT2D eigenvalue weighted by atomic mass is 16.6. The van der Waals surface area contributed by atoms with Crippen molar-refractivity contribution in [2.24, 2.45) is 0 Å². The van der Waals surface area contributed by atoms with Crippen molar-refractivity contribution in [3.8, 4) is 0 Å². The highest BCUT2D eigenvalue weighted by molar-refractivity contribution is 5.94. The zero-order chi connectivity index (χ0) is 24.2. The first-order valence-corrected chi connectivity index (χ1v) is 10.7. The van der Waals surface area contributed by atoms with E-state index < -0.39 is 5.60 Å². The first-order valence-electron chi connectivity index (χ1n) is 10.7. The van der Waals surface area contributed by atoms with E-state index in [0.717, 1.165) is 33.8 Å². The number of nitrogens with zero attached hydrogens (tertiary/aromatic N) is 3. The molecule has 0 aromatic heterocycles. The molecule has 0 N–H and O–H groups in total. The van der Waals surface area contributed by atoms with Crippen LogP contribution in [-0.2, 0) is 15.1 Å². The fourth-order valence-electron chi connectivity index (χ4n) is 3.46. The van der Waals surface area contributed by atoms with E-state index in [0.29, 0.717) is 5.57 Å². The van der Waals surface area contributed by atoms with Gasteiger partial charge in [-0.1, -0.05) is 30.9 Å². The van der Waals surface area contributed by atoms with Gasteiger partial charge in [0.15, 0.2) is 5.60 Å². The Balaban J connectivity index is 2.74. The van der Waals surface area contributed by atoms with Crippen LogP contribution >= 0.6 is 0 Å². The second-order valence-corrected chi connectivity index (χ2v) is 8.82. The fraction of sp³-hybridized carbons (Fsp3) is 0.370. The molecule has 172 valence electrons. The van der Waals surface area contributed by atoms with Crippen molar-refractivity contribution in [3.05, 3.63) is 88.8 Å². The van der Waals surface area contributed by atoms with Crippen molar-refractivity contribution < 1.29 is 9.53 Å². The van der Waals surface area contributed by atoms with Crippen LogP contribution in [0.25, 0.3) is 0 Å². The Bertz CT molecular complexity index is 992. The first-order chi connectivity index (χ1) is 14.9. The van der Waals surface area contributed by atoms with E-state index in [1.807, 2.05) is 126 Å². The lowest BCUT2D eigenvalue weighted by molar-refractivity contribution is -0.145. The summed E-state index contributed by atoms with van der Waals surface area (Å²) in [6.07, 6.45) is 7.97. The number of likely N-dealkylation sites (N-methyl/N-ethyl adjacent to an activating group) is 1. The second kappa shape index (κ2) is 9.94. The quantitative estimate of drug-likeness (QED) is 0.430. The van der Waals surface area contributed by atoms with E-state index >= 15 is 0 Å². The number of hydrogen-bond donors (Lipinski definition) is 0. The molecule has 1 aliphatic rings. The van der Waals surface area contributed by atoms with Crippen LogP contribution in [0, 0.1) is 0 Å². The number of carbonyl (C=O) groups excluding carboxylic acids is 1. The van der Waals surface area contributed by atoms with Gasteiger partial charge >= 0.3 is 5.97 Å². The van der Waals surface area contributed by atoms with Crippen LogP contribution in [0.5, 0.6) is 0 Å². The minimum atomic E-state index is -1.00. The van der Waals surface area contributed by atoms with Gasteiger partial charge in [-0.3, -0.25) is 0 Å². The molecule has 0 amide bonds. The Morgan fingerprint density at radius 2 is 1.56 bits per heavy atom. The van der Waals surface area contributed by atoms with Gasteiger partial charge in [0.05, 0.1) is 0 Å². The minimum Gasteiger partial charge on any atom is -0.441 e. The summed E-state index contributed by atoms with van der Waals surface area (Å²) < 4.78 is 6.18. The van der Waals surface area contributed by atoms with Crippen molar-refractivity contribution in [1.82, 2.24) is 9.80 Å². The molecule has 0 saturated carbocycles. The molecule has 0 spiro atoms. The van der Waals surface area contributed by atoms with Gasteiger partial charge in [-0.05, 0) is 50.6 Å². The molecule has 32 heavy (non-hydrogen) atoms. The molecule has 1 atom stereocenters. The summed E-state index contributed by atoms with van der Waals surface area (Å²) in [4.78, 5) is 18.9. The van der Waals surface area contributed by atoms with E-state index in [-0.39, 0.29) is 5.97 Å². The maximum atomic E-state index is 12.9. The maximum absolute atomic E-state index is 12.9. The summed E-state index contributed by atoms with van der Waals surface area (Å²) in [5, 5.41) is 0. The summed E-state index contributed by atoms with van der Waals surface area (Å²) >= 11 is 0. The number of carbonyl (C=O) groups is 1. The van der Waals surface area contributed by atoms with Gasteiger partial charge in [0.25, 0.3) is 0 Å². The van der Waals surface area contributed by atoms with Crippen LogP contribution in [0.2, 0.25) is 0 Å². The molecular formula is C27H37N3O2. The predicted molar refractivity (Wildman–Crippen MR) is 134 cm³/mol. The smallest absolute Gasteiger partial charge is 0.335 e. The lowest BCUT2D eigenvalue weighted by atomic mass is 9.79. The SMILES string of the molecule is C=C(/C=C\C1=C(C)C(=O)OC1(/C(C)=C/C=C(\C)N(C)C)c1ccc(N(C)C)cc1)N(C)C. The predicted octanol–water partition coefficient (Wildman–Crippen LogP) is 4.86. The topological polar surface area (TPSA) is 36.0 Å². The zero-order valence-corrected chi connectivity index (χ0v) is 21.0. The van der Waals surface area contributed by atoms with Crippen molar-refractivity contribution in [2.75, 3.05) is 47.2 Å². The molecule has 0 aliphatic carbocycles. The molecule has 0 bridgehead atoms. The lowest BCUT2D eigenvalue weighted by Crippen LogP contribution is -2.30. The molecule has 5 nitrogen and oxygen atoms in total. The Labute approximate surface area is 193 Å². The third-order valence-electron chi connectivity index (χ3n) is 5.98. The largest absolute Gasteiger partial charge is 0.441 e. The summed E-state index contributed by atoms with van der Waals surface area (Å²) in [6, 6.07) is 8.17. The molecule has 1 heterocycles. The molecule has 0 saturated heterocycles. The minimum absolute atomic E-state index is 0.308. The average Bonchev–Trinajstić information content (AvgIpc) is 3.00. The van der Waals surface area contributed by atoms with Crippen LogP contribution in [-0.4, -0.2) is 58.1 Å². The van der Waals surface area contributed by atoms with Gasteiger partial charge in [0, 0.05) is 76.1 Å². The highest BCUT2D eigenvalue weighted by Crippen LogP contribution is 2.47. The van der Waals surface area contributed by atoms with Crippen LogP contribution in [0.1, 0.15) is 26.3 Å². The van der Waals surface area contributed by atoms with Crippen molar-refractivity contribution in [3.63, 3.8) is 0 Å². The van der Waals surface area contributed by atoms with E-state index in [9.17, 15) is 4.79 Å². The van der Waals surface area contributed by atoms with E-state index in [4.69, 9.17) is 4.74 Å². The van der Waals surface area contributed by atoms with E-state index in [2.05, 4.69) is 6.58 Å². The number of cyclic esters (lactones) is 1. The maximum Gasteiger partial charge on any atom is 0.335 e. The molecule has 1 unspecified atom stereocenters. The summed E-state index contributed by atoms with van der Waals surface area (Å²) in [7, 11) is 11.9. The molecule has 1 aliphatic heterocycles. The first kappa shape index (κ1) is 25.1. The molecular weight excluding hydrogens is 398 g/mol. The van der Waals surface area contributed by atoms with Gasteiger partial charge in [0.1, 0.15) is 0 Å². The van der Waals surface area contributed by atoms with Gasteiger partial charge in [0.2, 0.25) is 0 Å². The van der Waals surface area contributed by atoms with Crippen LogP contribution < -0.4 is 4.90 Å². The monoisotopic (exact) mass is 435 g/mol. The second-order valence-electron chi connectivity index (χ2n) is 8.82. The number of allylic oxidation sites excluding steroid dienone is 4. The molecule has 2 rings (SSSR count). The Morgan fingerprint density at radius 3 is 2.06 bits per heavy atom. The number of benzene rings is 1. The fourth-order valence-corrected chi connectivity index (χ4v) is 3.46. The number of hydrogen-bond acceptors (Lipinski definition) is 5. The summed E-state index contributed by atoms with van der Waals surface area (Å²) in [5.74, 6) is -0.308. The Hall–Kier alpha value is -3.21. The van der Waals surface area contributed by atoms with Crippen LogP contribution in [0.15, 0.2) is 83.3 Å². The van der Waals surface area contributed by atoms with Gasteiger partial charge in [-0.15, -0.1) is 0 Å². The summed E-state index contributed by atoms with van der Waals surface area (Å²) in [5.41, 5.74) is 5.29. The third kappa shape index (κ3) is 4.98.